The molecule has 1 saturated carbocycles. The summed E-state index contributed by atoms with van der Waals surface area (Å²) in [5, 5.41) is 8.67. The van der Waals surface area contributed by atoms with Gasteiger partial charge in [0.1, 0.15) is 0 Å². The molecule has 1 fully saturated rings. The molecule has 2 rings (SSSR count). The van der Waals surface area contributed by atoms with Crippen LogP contribution in [0.2, 0.25) is 0 Å². The number of anilines is 1. The van der Waals surface area contributed by atoms with Crippen molar-refractivity contribution < 1.29 is 9.59 Å². The van der Waals surface area contributed by atoms with Gasteiger partial charge in [0.2, 0.25) is 5.91 Å². The lowest BCUT2D eigenvalue weighted by Gasteiger charge is -2.09. The van der Waals surface area contributed by atoms with Crippen molar-refractivity contribution >= 4 is 17.6 Å². The zero-order valence-electron chi connectivity index (χ0n) is 14.6. The molecule has 1 aromatic carbocycles. The summed E-state index contributed by atoms with van der Waals surface area (Å²) in [6.07, 6.45) is 8.47. The van der Waals surface area contributed by atoms with E-state index in [2.05, 4.69) is 22.9 Å². The fraction of sp³-hybridized carbons (Fsp3) is 0.579. The van der Waals surface area contributed by atoms with Crippen molar-refractivity contribution in [1.29, 1.82) is 0 Å². The lowest BCUT2D eigenvalue weighted by molar-refractivity contribution is -0.121. The molecule has 132 valence electrons. The summed E-state index contributed by atoms with van der Waals surface area (Å²) in [4.78, 5) is 23.6. The number of benzene rings is 1. The van der Waals surface area contributed by atoms with Gasteiger partial charge in [-0.3, -0.25) is 4.79 Å². The van der Waals surface area contributed by atoms with Crippen molar-refractivity contribution in [3.63, 3.8) is 0 Å². The number of nitrogens with one attached hydrogen (secondary N) is 3. The zero-order chi connectivity index (χ0) is 17.2. The Labute approximate surface area is 144 Å². The van der Waals surface area contributed by atoms with Gasteiger partial charge in [-0.2, -0.15) is 0 Å². The number of carbonyl (C=O) groups is 2. The lowest BCUT2D eigenvalue weighted by Crippen LogP contribution is -2.30. The minimum Gasteiger partial charge on any atom is -0.352 e. The highest BCUT2D eigenvalue weighted by Crippen LogP contribution is 2.19. The van der Waals surface area contributed by atoms with Gasteiger partial charge in [-0.25, -0.2) is 4.79 Å². The summed E-state index contributed by atoms with van der Waals surface area (Å²) in [5.41, 5.74) is 1.73. The highest BCUT2D eigenvalue weighted by molar-refractivity contribution is 5.89. The topological polar surface area (TPSA) is 70.2 Å². The minimum absolute atomic E-state index is 0.0938. The van der Waals surface area contributed by atoms with Crippen LogP contribution in [0.1, 0.15) is 63.9 Å². The molecular formula is C19H29N3O2. The second-order valence-corrected chi connectivity index (χ2v) is 6.51. The number of hydrogen-bond acceptors (Lipinski definition) is 2. The SMILES string of the molecule is CCCCCCCC(=O)NCc1cccc(NC(=O)NC2CC2)c1. The number of amides is 3. The van der Waals surface area contributed by atoms with Crippen LogP contribution in [0.3, 0.4) is 0 Å². The van der Waals surface area contributed by atoms with Gasteiger partial charge in [-0.15, -0.1) is 0 Å². The third-order valence-electron chi connectivity index (χ3n) is 4.09. The first-order chi connectivity index (χ1) is 11.7. The molecule has 5 heteroatoms. The van der Waals surface area contributed by atoms with E-state index in [1.165, 1.54) is 19.3 Å². The Kier molecular flexibility index (Phi) is 7.59. The van der Waals surface area contributed by atoms with Crippen LogP contribution >= 0.6 is 0 Å². The maximum Gasteiger partial charge on any atom is 0.319 e. The molecule has 1 aromatic rings. The average Bonchev–Trinajstić information content (AvgIpc) is 3.37. The Morgan fingerprint density at radius 2 is 1.92 bits per heavy atom. The van der Waals surface area contributed by atoms with E-state index in [1.807, 2.05) is 24.3 Å². The van der Waals surface area contributed by atoms with E-state index in [9.17, 15) is 9.59 Å². The van der Waals surface area contributed by atoms with Crippen molar-refractivity contribution in [1.82, 2.24) is 10.6 Å². The molecule has 3 amide bonds. The third-order valence-corrected chi connectivity index (χ3v) is 4.09. The Morgan fingerprint density at radius 3 is 2.67 bits per heavy atom. The number of carbonyl (C=O) groups excluding carboxylic acids is 2. The average molecular weight is 331 g/mol. The highest BCUT2D eigenvalue weighted by atomic mass is 16.2. The number of unbranched alkanes of at least 4 members (excludes halogenated alkanes) is 4. The normalized spacial score (nSPS) is 13.4. The van der Waals surface area contributed by atoms with Gasteiger partial charge in [0.15, 0.2) is 0 Å². The smallest absolute Gasteiger partial charge is 0.319 e. The molecule has 24 heavy (non-hydrogen) atoms. The molecule has 0 saturated heterocycles. The molecule has 0 unspecified atom stereocenters. The standard InChI is InChI=1S/C19H29N3O2/c1-2-3-4-5-6-10-18(23)20-14-15-8-7-9-17(13-15)22-19(24)21-16-11-12-16/h7-9,13,16H,2-6,10-12,14H2,1H3,(H,20,23)(H2,21,22,24). The largest absolute Gasteiger partial charge is 0.352 e. The fourth-order valence-corrected chi connectivity index (χ4v) is 2.52. The number of hydrogen-bond donors (Lipinski definition) is 3. The predicted octanol–water partition coefficient (Wildman–Crippen LogP) is 3.95. The van der Waals surface area contributed by atoms with Crippen molar-refractivity contribution in [3.8, 4) is 0 Å². The molecule has 0 atom stereocenters. The van der Waals surface area contributed by atoms with E-state index in [1.54, 1.807) is 0 Å². The lowest BCUT2D eigenvalue weighted by atomic mass is 10.1. The molecule has 0 aromatic heterocycles. The van der Waals surface area contributed by atoms with Gasteiger partial charge >= 0.3 is 6.03 Å². The Hall–Kier alpha value is -2.04. The van der Waals surface area contributed by atoms with Crippen LogP contribution in [0, 0.1) is 0 Å². The maximum atomic E-state index is 11.8. The van der Waals surface area contributed by atoms with Crippen LogP contribution in [0.15, 0.2) is 24.3 Å². The molecule has 0 bridgehead atoms. The van der Waals surface area contributed by atoms with E-state index in [-0.39, 0.29) is 11.9 Å². The number of rotatable bonds is 10. The minimum atomic E-state index is -0.161. The maximum absolute atomic E-state index is 11.8. The molecule has 0 radical (unpaired) electrons. The molecule has 5 nitrogen and oxygen atoms in total. The van der Waals surface area contributed by atoms with Crippen molar-refractivity contribution in [2.24, 2.45) is 0 Å². The van der Waals surface area contributed by atoms with Gasteiger partial charge in [-0.1, -0.05) is 44.7 Å². The van der Waals surface area contributed by atoms with Crippen LogP contribution in [0.4, 0.5) is 10.5 Å². The third kappa shape index (κ3) is 7.49. The summed E-state index contributed by atoms with van der Waals surface area (Å²) in [7, 11) is 0. The van der Waals surface area contributed by atoms with Crippen LogP contribution in [-0.4, -0.2) is 18.0 Å². The van der Waals surface area contributed by atoms with Gasteiger partial charge in [0.25, 0.3) is 0 Å². The molecule has 1 aliphatic rings. The summed E-state index contributed by atoms with van der Waals surface area (Å²) < 4.78 is 0. The first-order valence-corrected chi connectivity index (χ1v) is 9.10. The van der Waals surface area contributed by atoms with Crippen molar-refractivity contribution in [2.75, 3.05) is 5.32 Å². The Balaban J connectivity index is 1.67. The van der Waals surface area contributed by atoms with Gasteiger partial charge in [0, 0.05) is 24.7 Å². The van der Waals surface area contributed by atoms with Crippen LogP contribution in [0.25, 0.3) is 0 Å². The van der Waals surface area contributed by atoms with Crippen molar-refractivity contribution in [2.45, 2.75) is 70.9 Å². The van der Waals surface area contributed by atoms with Crippen molar-refractivity contribution in [3.05, 3.63) is 29.8 Å². The molecule has 0 aliphatic heterocycles. The van der Waals surface area contributed by atoms with Gasteiger partial charge in [-0.05, 0) is 37.0 Å². The first kappa shape index (κ1) is 18.3. The summed E-state index contributed by atoms with van der Waals surface area (Å²) >= 11 is 0. The van der Waals surface area contributed by atoms with E-state index < -0.39 is 0 Å². The Bertz CT molecular complexity index is 541. The predicted molar refractivity (Wildman–Crippen MR) is 96.8 cm³/mol. The molecular weight excluding hydrogens is 302 g/mol. The molecule has 3 N–H and O–H groups in total. The van der Waals surface area contributed by atoms with Crippen LogP contribution < -0.4 is 16.0 Å². The van der Waals surface area contributed by atoms with Gasteiger partial charge < -0.3 is 16.0 Å². The van der Waals surface area contributed by atoms with E-state index >= 15 is 0 Å². The summed E-state index contributed by atoms with van der Waals surface area (Å²) in [6.45, 7) is 2.68. The summed E-state index contributed by atoms with van der Waals surface area (Å²) in [5.74, 6) is 0.0938. The molecule has 0 heterocycles. The van der Waals surface area contributed by atoms with E-state index in [0.29, 0.717) is 19.0 Å². The fourth-order valence-electron chi connectivity index (χ4n) is 2.52. The van der Waals surface area contributed by atoms with Gasteiger partial charge in [0.05, 0.1) is 0 Å². The highest BCUT2D eigenvalue weighted by Gasteiger charge is 2.23. The van der Waals surface area contributed by atoms with E-state index in [0.717, 1.165) is 36.9 Å². The van der Waals surface area contributed by atoms with Crippen LogP contribution in [-0.2, 0) is 11.3 Å². The second kappa shape index (κ2) is 9.96. The second-order valence-electron chi connectivity index (χ2n) is 6.51. The van der Waals surface area contributed by atoms with Crippen LogP contribution in [0.5, 0.6) is 0 Å². The number of urea groups is 1. The summed E-state index contributed by atoms with van der Waals surface area (Å²) in [6, 6.07) is 7.76. The quantitative estimate of drug-likeness (QED) is 0.568. The Morgan fingerprint density at radius 1 is 1.12 bits per heavy atom. The molecule has 1 aliphatic carbocycles. The first-order valence-electron chi connectivity index (χ1n) is 9.10. The molecule has 0 spiro atoms. The zero-order valence-corrected chi connectivity index (χ0v) is 14.6. The van der Waals surface area contributed by atoms with E-state index in [4.69, 9.17) is 0 Å². The monoisotopic (exact) mass is 331 g/mol.